The van der Waals surface area contributed by atoms with Gasteiger partial charge in [-0.2, -0.15) is 0 Å². The molecule has 0 aliphatic rings. The number of primary amides is 1. The van der Waals surface area contributed by atoms with Crippen molar-refractivity contribution in [1.29, 1.82) is 0 Å². The van der Waals surface area contributed by atoms with E-state index in [1.54, 1.807) is 0 Å². The molecule has 46 valence electrons. The molecule has 0 saturated heterocycles. The molecule has 1 amide bonds. The molecule has 0 fully saturated rings. The van der Waals surface area contributed by atoms with Crippen LogP contribution in [-0.4, -0.2) is 13.9 Å². The average Bonchev–Trinajstić information content (AvgIpc) is 1.61. The highest BCUT2D eigenvalue weighted by Gasteiger charge is 1.94. The van der Waals surface area contributed by atoms with Gasteiger partial charge in [-0.05, 0) is 22.6 Å². The second-order valence-corrected chi connectivity index (χ2v) is 5.19. The van der Waals surface area contributed by atoms with E-state index in [4.69, 9.17) is 5.73 Å². The monoisotopic (exact) mass is 261 g/mol. The first-order chi connectivity index (χ1) is 3.63. The number of nitrogens with two attached hydrogens (primary N) is 1. The third-order valence-corrected chi connectivity index (χ3v) is 2.27. The Balaban J connectivity index is 3.18. The van der Waals surface area contributed by atoms with Crippen molar-refractivity contribution in [2.45, 2.75) is 0 Å². The summed E-state index contributed by atoms with van der Waals surface area (Å²) in [5.74, 6) is -0.0316. The quantitative estimate of drug-likeness (QED) is 0.456. The molecule has 0 unspecified atom stereocenters. The molecule has 0 aliphatic carbocycles. The Morgan fingerprint density at radius 2 is 2.38 bits per heavy atom. The maximum atomic E-state index is 10.0. The molecule has 0 radical (unpaired) electrons. The highest BCUT2D eigenvalue weighted by atomic mass is 127. The molecule has 8 heavy (non-hydrogen) atoms. The number of thiocarbonyl (C=S) groups is 1. The van der Waals surface area contributed by atoms with Crippen LogP contribution in [-0.2, 0) is 4.79 Å². The van der Waals surface area contributed by atoms with Crippen molar-refractivity contribution in [2.75, 3.05) is 5.75 Å². The van der Waals surface area contributed by atoms with Gasteiger partial charge >= 0.3 is 0 Å². The molecule has 0 spiro atoms. The summed E-state index contributed by atoms with van der Waals surface area (Å²) >= 11 is 7.90. The number of hydrogen-bond donors (Lipinski definition) is 1. The van der Waals surface area contributed by atoms with Gasteiger partial charge in [-0.3, -0.25) is 4.79 Å². The van der Waals surface area contributed by atoms with E-state index in [-0.39, 0.29) is 5.91 Å². The Hall–Kier alpha value is 0.640. The van der Waals surface area contributed by atoms with Crippen molar-refractivity contribution in [2.24, 2.45) is 5.73 Å². The fraction of sp³-hybridized carbons (Fsp3) is 0.333. The molecule has 0 rings (SSSR count). The van der Waals surface area contributed by atoms with E-state index in [1.807, 2.05) is 22.6 Å². The fourth-order valence-corrected chi connectivity index (χ4v) is 1.03. The van der Waals surface area contributed by atoms with Gasteiger partial charge in [-0.15, -0.1) is 0 Å². The normalized spacial score (nSPS) is 8.62. The number of thioether (sulfide) groups is 1. The van der Waals surface area contributed by atoms with Crippen LogP contribution in [0.15, 0.2) is 0 Å². The molecular formula is C3H4INOS2. The topological polar surface area (TPSA) is 43.1 Å². The minimum atomic E-state index is -0.325. The molecule has 0 aromatic heterocycles. The van der Waals surface area contributed by atoms with Gasteiger partial charge in [0.25, 0.3) is 0 Å². The molecule has 0 aromatic rings. The van der Waals surface area contributed by atoms with Crippen LogP contribution in [0.5, 0.6) is 0 Å². The number of halogens is 1. The first-order valence-electron chi connectivity index (χ1n) is 1.73. The van der Waals surface area contributed by atoms with Crippen LogP contribution >= 0.6 is 46.6 Å². The number of carbonyl (C=O) groups is 1. The Labute approximate surface area is 70.7 Å². The van der Waals surface area contributed by atoms with Crippen molar-refractivity contribution >= 4 is 54.7 Å². The molecule has 0 bridgehead atoms. The van der Waals surface area contributed by atoms with Gasteiger partial charge in [0, 0.05) is 0 Å². The van der Waals surface area contributed by atoms with Crippen LogP contribution in [0.1, 0.15) is 0 Å². The van der Waals surface area contributed by atoms with Gasteiger partial charge in [0.1, 0.15) is 2.20 Å². The van der Waals surface area contributed by atoms with E-state index >= 15 is 0 Å². The van der Waals surface area contributed by atoms with Crippen molar-refractivity contribution in [3.63, 3.8) is 0 Å². The highest BCUT2D eigenvalue weighted by Crippen LogP contribution is 2.08. The number of amides is 1. The van der Waals surface area contributed by atoms with Crippen LogP contribution < -0.4 is 5.73 Å². The summed E-state index contributed by atoms with van der Waals surface area (Å²) in [4.78, 5) is 10.0. The summed E-state index contributed by atoms with van der Waals surface area (Å²) in [6.45, 7) is 0. The molecule has 2 nitrogen and oxygen atoms in total. The van der Waals surface area contributed by atoms with Gasteiger partial charge in [-0.25, -0.2) is 0 Å². The molecular weight excluding hydrogens is 257 g/mol. The predicted octanol–water partition coefficient (Wildman–Crippen LogP) is 0.925. The van der Waals surface area contributed by atoms with Crippen LogP contribution in [0, 0.1) is 0 Å². The Bertz CT molecular complexity index is 102. The van der Waals surface area contributed by atoms with Crippen molar-refractivity contribution < 1.29 is 4.79 Å². The van der Waals surface area contributed by atoms with Crippen molar-refractivity contribution in [1.82, 2.24) is 0 Å². The third-order valence-electron chi connectivity index (χ3n) is 0.328. The molecule has 5 heteroatoms. The lowest BCUT2D eigenvalue weighted by molar-refractivity contribution is -0.115. The van der Waals surface area contributed by atoms with Gasteiger partial charge in [-0.1, -0.05) is 24.0 Å². The van der Waals surface area contributed by atoms with E-state index in [0.29, 0.717) is 5.75 Å². The maximum absolute atomic E-state index is 10.0. The first kappa shape index (κ1) is 8.64. The van der Waals surface area contributed by atoms with E-state index in [1.165, 1.54) is 11.8 Å². The lowest BCUT2D eigenvalue weighted by atomic mass is 10.8. The Morgan fingerprint density at radius 3 is 2.50 bits per heavy atom. The zero-order valence-corrected chi connectivity index (χ0v) is 7.68. The fourth-order valence-electron chi connectivity index (χ4n) is 0.128. The summed E-state index contributed by atoms with van der Waals surface area (Å²) in [5.41, 5.74) is 4.82. The van der Waals surface area contributed by atoms with Gasteiger partial charge in [0.15, 0.2) is 0 Å². The Kier molecular flexibility index (Phi) is 4.87. The highest BCUT2D eigenvalue weighted by molar-refractivity contribution is 14.1. The van der Waals surface area contributed by atoms with E-state index in [9.17, 15) is 4.79 Å². The standard InChI is InChI=1S/C3H4INOS2/c4-3(7)8-1-2(5)6/h1H2,(H2,5,6). The van der Waals surface area contributed by atoms with Gasteiger partial charge in [0.2, 0.25) is 5.91 Å². The molecule has 0 aromatic carbocycles. The minimum absolute atomic E-state index is 0.293. The van der Waals surface area contributed by atoms with Crippen LogP contribution in [0.25, 0.3) is 0 Å². The van der Waals surface area contributed by atoms with E-state index in [0.717, 1.165) is 2.20 Å². The summed E-state index contributed by atoms with van der Waals surface area (Å²) in [6, 6.07) is 0. The van der Waals surface area contributed by atoms with Gasteiger partial charge < -0.3 is 5.73 Å². The van der Waals surface area contributed by atoms with Gasteiger partial charge in [0.05, 0.1) is 5.75 Å². The summed E-state index contributed by atoms with van der Waals surface area (Å²) in [7, 11) is 0. The predicted molar refractivity (Wildman–Crippen MR) is 48.3 cm³/mol. The summed E-state index contributed by atoms with van der Waals surface area (Å²) in [6.07, 6.45) is 0. The van der Waals surface area contributed by atoms with Crippen molar-refractivity contribution in [3.05, 3.63) is 0 Å². The smallest absolute Gasteiger partial charge is 0.227 e. The second-order valence-electron chi connectivity index (χ2n) is 0.993. The molecule has 0 aliphatic heterocycles. The molecule has 2 N–H and O–H groups in total. The van der Waals surface area contributed by atoms with Crippen molar-refractivity contribution in [3.8, 4) is 0 Å². The number of rotatable bonds is 2. The van der Waals surface area contributed by atoms with Crippen LogP contribution in [0.2, 0.25) is 0 Å². The lowest BCUT2D eigenvalue weighted by Crippen LogP contribution is -2.13. The third kappa shape index (κ3) is 6.64. The largest absolute Gasteiger partial charge is 0.369 e. The lowest BCUT2D eigenvalue weighted by Gasteiger charge is -1.88. The SMILES string of the molecule is NC(=O)CSC(=S)I. The molecule has 0 heterocycles. The van der Waals surface area contributed by atoms with E-state index < -0.39 is 0 Å². The second kappa shape index (κ2) is 4.51. The summed E-state index contributed by atoms with van der Waals surface area (Å²) < 4.78 is 0.724. The maximum Gasteiger partial charge on any atom is 0.227 e. The number of carbonyl (C=O) groups excluding carboxylic acids is 1. The zero-order valence-electron chi connectivity index (χ0n) is 3.89. The zero-order chi connectivity index (χ0) is 6.57. The minimum Gasteiger partial charge on any atom is -0.369 e. The molecule has 0 saturated carbocycles. The van der Waals surface area contributed by atoms with E-state index in [2.05, 4.69) is 12.2 Å². The first-order valence-corrected chi connectivity index (χ1v) is 4.20. The van der Waals surface area contributed by atoms with Crippen LogP contribution in [0.3, 0.4) is 0 Å². The Morgan fingerprint density at radius 1 is 1.88 bits per heavy atom. The average molecular weight is 261 g/mol. The van der Waals surface area contributed by atoms with Crippen LogP contribution in [0.4, 0.5) is 0 Å². The molecule has 0 atom stereocenters. The number of hydrogen-bond acceptors (Lipinski definition) is 3. The summed E-state index contributed by atoms with van der Waals surface area (Å²) in [5, 5.41) is 0.